The van der Waals surface area contributed by atoms with Crippen molar-refractivity contribution in [1.29, 1.82) is 5.26 Å². The average molecular weight is 219 g/mol. The summed E-state index contributed by atoms with van der Waals surface area (Å²) >= 11 is 0. The summed E-state index contributed by atoms with van der Waals surface area (Å²) in [7, 11) is 0. The molecular formula is C13H17NO2. The highest BCUT2D eigenvalue weighted by molar-refractivity contribution is 5.78. The Balaban J connectivity index is 2.68. The Bertz CT molecular complexity index is 374. The van der Waals surface area contributed by atoms with Gasteiger partial charge in [0.25, 0.3) is 0 Å². The highest BCUT2D eigenvalue weighted by atomic mass is 16.5. The minimum Gasteiger partial charge on any atom is -0.461 e. The first-order chi connectivity index (χ1) is 7.45. The van der Waals surface area contributed by atoms with E-state index in [0.29, 0.717) is 5.57 Å². The predicted octanol–water partition coefficient (Wildman–Crippen LogP) is 2.46. The number of rotatable bonds is 4. The summed E-state index contributed by atoms with van der Waals surface area (Å²) in [5, 5.41) is 8.70. The monoisotopic (exact) mass is 219 g/mol. The number of allylic oxidation sites excluding steroid dienone is 2. The summed E-state index contributed by atoms with van der Waals surface area (Å²) in [6, 6.07) is 2.07. The van der Waals surface area contributed by atoms with Crippen LogP contribution in [0.2, 0.25) is 0 Å². The number of nitrogens with zero attached hydrogens (tertiary/aromatic N) is 1. The standard InChI is InChI=1S/C13H17NO2/c1-5-6-16-12(15)11-10(13(11,3)4)7-9(2)8-14/h5,7,10-11H,1,6H2,2-4H3. The Morgan fingerprint density at radius 1 is 1.62 bits per heavy atom. The van der Waals surface area contributed by atoms with Crippen LogP contribution in [-0.2, 0) is 9.53 Å². The molecule has 0 aromatic carbocycles. The molecule has 0 N–H and O–H groups in total. The van der Waals surface area contributed by atoms with Gasteiger partial charge in [-0.15, -0.1) is 0 Å². The van der Waals surface area contributed by atoms with Gasteiger partial charge < -0.3 is 4.74 Å². The summed E-state index contributed by atoms with van der Waals surface area (Å²) in [6.45, 7) is 9.52. The Kier molecular flexibility index (Phi) is 3.54. The average Bonchev–Trinajstić information content (AvgIpc) is 2.77. The highest BCUT2D eigenvalue weighted by Gasteiger charge is 2.61. The number of carbonyl (C=O) groups is 1. The van der Waals surface area contributed by atoms with E-state index in [-0.39, 0.29) is 29.8 Å². The van der Waals surface area contributed by atoms with E-state index in [2.05, 4.69) is 12.6 Å². The van der Waals surface area contributed by atoms with Crippen LogP contribution in [0.25, 0.3) is 0 Å². The molecule has 1 rings (SSSR count). The number of carbonyl (C=O) groups excluding carboxylic acids is 1. The van der Waals surface area contributed by atoms with Gasteiger partial charge in [-0.25, -0.2) is 0 Å². The van der Waals surface area contributed by atoms with Crippen LogP contribution in [0.5, 0.6) is 0 Å². The van der Waals surface area contributed by atoms with Crippen LogP contribution < -0.4 is 0 Å². The first-order valence-electron chi connectivity index (χ1n) is 5.31. The Hall–Kier alpha value is -1.56. The zero-order chi connectivity index (χ0) is 12.3. The molecule has 86 valence electrons. The van der Waals surface area contributed by atoms with Gasteiger partial charge in [0.15, 0.2) is 0 Å². The molecule has 0 heterocycles. The third-order valence-corrected chi connectivity index (χ3v) is 3.11. The van der Waals surface area contributed by atoms with Crippen molar-refractivity contribution in [3.05, 3.63) is 24.3 Å². The normalized spacial score (nSPS) is 26.8. The SMILES string of the molecule is C=CCOC(=O)C1C(C=C(C)C#N)C1(C)C. The molecule has 2 atom stereocenters. The van der Waals surface area contributed by atoms with Gasteiger partial charge in [0.2, 0.25) is 0 Å². The van der Waals surface area contributed by atoms with E-state index in [1.165, 1.54) is 0 Å². The van der Waals surface area contributed by atoms with Crippen molar-refractivity contribution < 1.29 is 9.53 Å². The third kappa shape index (κ3) is 2.33. The van der Waals surface area contributed by atoms with E-state index in [9.17, 15) is 4.79 Å². The minimum absolute atomic E-state index is 0.101. The van der Waals surface area contributed by atoms with Crippen molar-refractivity contribution in [3.63, 3.8) is 0 Å². The topological polar surface area (TPSA) is 50.1 Å². The van der Waals surface area contributed by atoms with Gasteiger partial charge >= 0.3 is 5.97 Å². The molecule has 0 aliphatic heterocycles. The minimum atomic E-state index is -0.197. The number of ether oxygens (including phenoxy) is 1. The second-order valence-corrected chi connectivity index (χ2v) is 4.71. The smallest absolute Gasteiger partial charge is 0.310 e. The molecule has 0 aromatic heterocycles. The van der Waals surface area contributed by atoms with Crippen molar-refractivity contribution >= 4 is 5.97 Å². The molecule has 1 aliphatic rings. The molecule has 1 fully saturated rings. The molecule has 2 unspecified atom stereocenters. The summed E-state index contributed by atoms with van der Waals surface area (Å²) < 4.78 is 5.03. The lowest BCUT2D eigenvalue weighted by atomic mass is 10.1. The van der Waals surface area contributed by atoms with E-state index in [4.69, 9.17) is 10.00 Å². The zero-order valence-electron chi connectivity index (χ0n) is 9.99. The van der Waals surface area contributed by atoms with Crippen LogP contribution in [0, 0.1) is 28.6 Å². The molecule has 3 nitrogen and oxygen atoms in total. The van der Waals surface area contributed by atoms with E-state index in [1.807, 2.05) is 19.9 Å². The quantitative estimate of drug-likeness (QED) is 0.414. The van der Waals surface area contributed by atoms with Crippen molar-refractivity contribution in [2.24, 2.45) is 17.3 Å². The number of hydrogen-bond acceptors (Lipinski definition) is 3. The lowest BCUT2D eigenvalue weighted by Crippen LogP contribution is -2.10. The summed E-state index contributed by atoms with van der Waals surface area (Å²) in [5.74, 6) is -0.211. The predicted molar refractivity (Wildman–Crippen MR) is 61.3 cm³/mol. The van der Waals surface area contributed by atoms with Gasteiger partial charge in [-0.3, -0.25) is 4.79 Å². The Morgan fingerprint density at radius 3 is 2.75 bits per heavy atom. The highest BCUT2D eigenvalue weighted by Crippen LogP contribution is 2.59. The van der Waals surface area contributed by atoms with Gasteiger partial charge in [-0.1, -0.05) is 32.6 Å². The molecule has 1 aliphatic carbocycles. The lowest BCUT2D eigenvalue weighted by Gasteiger charge is -2.02. The molecule has 0 spiro atoms. The molecule has 1 saturated carbocycles. The maximum atomic E-state index is 11.7. The summed E-state index contributed by atoms with van der Waals surface area (Å²) in [6.07, 6.45) is 3.42. The summed E-state index contributed by atoms with van der Waals surface area (Å²) in [5.41, 5.74) is 0.549. The van der Waals surface area contributed by atoms with Crippen molar-refractivity contribution in [2.45, 2.75) is 20.8 Å². The molecule has 0 bridgehead atoms. The lowest BCUT2D eigenvalue weighted by molar-refractivity contribution is -0.144. The molecule has 3 heteroatoms. The Labute approximate surface area is 96.4 Å². The fourth-order valence-corrected chi connectivity index (χ4v) is 1.98. The third-order valence-electron chi connectivity index (χ3n) is 3.11. The van der Waals surface area contributed by atoms with Crippen molar-refractivity contribution in [3.8, 4) is 6.07 Å². The molecule has 0 aromatic rings. The first kappa shape index (κ1) is 12.5. The number of nitriles is 1. The van der Waals surface area contributed by atoms with Crippen LogP contribution in [0.3, 0.4) is 0 Å². The largest absolute Gasteiger partial charge is 0.461 e. The number of esters is 1. The van der Waals surface area contributed by atoms with Gasteiger partial charge in [-0.05, 0) is 18.3 Å². The van der Waals surface area contributed by atoms with E-state index in [1.54, 1.807) is 13.0 Å². The first-order valence-corrected chi connectivity index (χ1v) is 5.31. The summed E-state index contributed by atoms with van der Waals surface area (Å²) in [4.78, 5) is 11.7. The van der Waals surface area contributed by atoms with Gasteiger partial charge in [-0.2, -0.15) is 5.26 Å². The van der Waals surface area contributed by atoms with Crippen LogP contribution >= 0.6 is 0 Å². The maximum absolute atomic E-state index is 11.7. The van der Waals surface area contributed by atoms with Crippen molar-refractivity contribution in [2.75, 3.05) is 6.61 Å². The van der Waals surface area contributed by atoms with E-state index < -0.39 is 0 Å². The second kappa shape index (κ2) is 4.52. The number of hydrogen-bond donors (Lipinski definition) is 0. The van der Waals surface area contributed by atoms with Gasteiger partial charge in [0.05, 0.1) is 12.0 Å². The van der Waals surface area contributed by atoms with E-state index >= 15 is 0 Å². The zero-order valence-corrected chi connectivity index (χ0v) is 9.99. The fraction of sp³-hybridized carbons (Fsp3) is 0.538. The van der Waals surface area contributed by atoms with E-state index in [0.717, 1.165) is 0 Å². The second-order valence-electron chi connectivity index (χ2n) is 4.71. The van der Waals surface area contributed by atoms with Crippen LogP contribution in [0.4, 0.5) is 0 Å². The fourth-order valence-electron chi connectivity index (χ4n) is 1.98. The molecule has 16 heavy (non-hydrogen) atoms. The molecule has 0 radical (unpaired) electrons. The molecule has 0 saturated heterocycles. The van der Waals surface area contributed by atoms with Crippen LogP contribution in [-0.4, -0.2) is 12.6 Å². The molecule has 0 amide bonds. The van der Waals surface area contributed by atoms with Gasteiger partial charge in [0, 0.05) is 5.57 Å². The van der Waals surface area contributed by atoms with Crippen LogP contribution in [0.15, 0.2) is 24.3 Å². The van der Waals surface area contributed by atoms with Gasteiger partial charge in [0.1, 0.15) is 6.61 Å². The maximum Gasteiger partial charge on any atom is 0.310 e. The Morgan fingerprint density at radius 2 is 2.25 bits per heavy atom. The van der Waals surface area contributed by atoms with Crippen LogP contribution in [0.1, 0.15) is 20.8 Å². The molecular weight excluding hydrogens is 202 g/mol. The van der Waals surface area contributed by atoms with Crippen molar-refractivity contribution in [1.82, 2.24) is 0 Å².